The lowest BCUT2D eigenvalue weighted by Crippen LogP contribution is -1.82. The molecule has 0 unspecified atom stereocenters. The minimum Gasteiger partial charge on any atom is -0.372 e. The van der Waals surface area contributed by atoms with Crippen LogP contribution in [0.3, 0.4) is 0 Å². The van der Waals surface area contributed by atoms with E-state index in [0.29, 0.717) is 0 Å². The summed E-state index contributed by atoms with van der Waals surface area (Å²) in [5.41, 5.74) is 20.8. The number of carbonyl (C=O) groups excluding carboxylic acids is 5. The molecule has 0 saturated heterocycles. The maximum atomic E-state index is 8.58. The lowest BCUT2D eigenvalue weighted by atomic mass is 11.5. The Morgan fingerprint density at radius 3 is 0.438 bits per heavy atom. The van der Waals surface area contributed by atoms with Crippen molar-refractivity contribution in [2.75, 3.05) is 0 Å². The van der Waals surface area contributed by atoms with Crippen LogP contribution in [-0.4, -0.2) is 32.1 Å². The van der Waals surface area contributed by atoms with E-state index < -0.39 is 0 Å². The molecule has 0 saturated carbocycles. The van der Waals surface area contributed by atoms with E-state index in [1.54, 1.807) is 0 Å². The Bertz CT molecular complexity index is 97.6. The summed E-state index contributed by atoms with van der Waals surface area (Å²) in [5.74, 6) is 0. The molecule has 10 N–H and O–H groups in total. The number of nitrogens with two attached hydrogens (primary N) is 5. The first-order valence-electron chi connectivity index (χ1n) is 2.85. The molecule has 0 aromatic heterocycles. The Morgan fingerprint density at radius 1 is 0.438 bits per heavy atom. The van der Waals surface area contributed by atoms with Crippen LogP contribution in [0, 0.1) is 0 Å². The van der Waals surface area contributed by atoms with Crippen molar-refractivity contribution >= 4 is 32.1 Å². The normalized spacial score (nSPS) is 3.75. The first-order valence-corrected chi connectivity index (χ1v) is 2.85. The summed E-state index contributed by atoms with van der Waals surface area (Å²) in [5, 5.41) is 0. The molecule has 0 fully saturated rings. The minimum absolute atomic E-state index is 0. The van der Waals surface area contributed by atoms with E-state index in [4.69, 9.17) is 24.0 Å². The second-order valence-electron chi connectivity index (χ2n) is 0.680. The molecule has 10 nitrogen and oxygen atoms in total. The molecule has 5 amide bonds. The van der Waals surface area contributed by atoms with Crippen molar-refractivity contribution in [2.24, 2.45) is 28.7 Å². The number of rotatable bonds is 0. The Balaban J connectivity index is -0.0000000192. The fourth-order valence-corrected chi connectivity index (χ4v) is 0. The van der Waals surface area contributed by atoms with Crippen LogP contribution >= 0.6 is 0 Å². The molecule has 16 heavy (non-hydrogen) atoms. The smallest absolute Gasteiger partial charge is 0.204 e. The Kier molecular flexibility index (Phi) is 679. The first-order chi connectivity index (χ1) is 7.07. The molecule has 0 rings (SSSR count). The van der Waals surface area contributed by atoms with E-state index in [9.17, 15) is 0 Å². The lowest BCUT2D eigenvalue weighted by molar-refractivity contribution is -0.107. The van der Waals surface area contributed by atoms with Gasteiger partial charge >= 0.3 is 0 Å². The van der Waals surface area contributed by atoms with E-state index >= 15 is 0 Å². The van der Waals surface area contributed by atoms with Crippen LogP contribution in [0.4, 0.5) is 0 Å². The second-order valence-corrected chi connectivity index (χ2v) is 0.680. The van der Waals surface area contributed by atoms with Crippen LogP contribution in [0.15, 0.2) is 0 Å². The number of carbonyl (C=O) groups is 5. The number of primary amides is 5. The van der Waals surface area contributed by atoms with Crippen molar-refractivity contribution in [2.45, 2.75) is 7.43 Å². The summed E-state index contributed by atoms with van der Waals surface area (Å²) in [7, 11) is 0. The van der Waals surface area contributed by atoms with E-state index in [0.717, 1.165) is 0 Å². The van der Waals surface area contributed by atoms with Crippen LogP contribution in [0.2, 0.25) is 0 Å². The highest BCUT2D eigenvalue weighted by Crippen LogP contribution is 0.810. The highest BCUT2D eigenvalue weighted by atomic mass is 16.1. The van der Waals surface area contributed by atoms with Crippen molar-refractivity contribution in [3.63, 3.8) is 0 Å². The van der Waals surface area contributed by atoms with Crippen LogP contribution in [0.5, 0.6) is 0 Å². The van der Waals surface area contributed by atoms with Gasteiger partial charge in [0.2, 0.25) is 32.1 Å². The Hall–Kier alpha value is -2.65. The largest absolute Gasteiger partial charge is 0.372 e. The molecular formula is C6H19N5O5. The summed E-state index contributed by atoms with van der Waals surface area (Å²) in [6.45, 7) is 0. The van der Waals surface area contributed by atoms with E-state index in [-0.39, 0.29) is 39.5 Å². The maximum absolute atomic E-state index is 8.58. The lowest BCUT2D eigenvalue weighted by Gasteiger charge is -1.32. The summed E-state index contributed by atoms with van der Waals surface area (Å²) in [6, 6.07) is 0. The zero-order chi connectivity index (χ0) is 13.5. The van der Waals surface area contributed by atoms with Gasteiger partial charge in [-0.25, -0.2) is 0 Å². The average molecular weight is 241 g/mol. The molecule has 98 valence electrons. The predicted octanol–water partition coefficient (Wildman–Crippen LogP) is -3.86. The SMILES string of the molecule is C.NC=O.NC=O.NC=O.NC=O.NC=O. The molecule has 0 aromatic carbocycles. The van der Waals surface area contributed by atoms with Gasteiger partial charge in [0.1, 0.15) is 0 Å². The number of amides is 5. The van der Waals surface area contributed by atoms with Gasteiger partial charge in [-0.1, -0.05) is 7.43 Å². The summed E-state index contributed by atoms with van der Waals surface area (Å²) in [6.07, 6.45) is 1.25. The third kappa shape index (κ3) is 173. The van der Waals surface area contributed by atoms with Crippen molar-refractivity contribution in [1.82, 2.24) is 0 Å². The molecule has 0 radical (unpaired) electrons. The third-order valence-electron chi connectivity index (χ3n) is 0. The Morgan fingerprint density at radius 2 is 0.438 bits per heavy atom. The highest BCUT2D eigenvalue weighted by molar-refractivity contribution is 5.42. The van der Waals surface area contributed by atoms with Crippen molar-refractivity contribution in [3.8, 4) is 0 Å². The van der Waals surface area contributed by atoms with Crippen molar-refractivity contribution in [1.29, 1.82) is 0 Å². The van der Waals surface area contributed by atoms with Gasteiger partial charge in [0.15, 0.2) is 0 Å². The molecule has 0 bridgehead atoms. The monoisotopic (exact) mass is 241 g/mol. The second kappa shape index (κ2) is 288. The zero-order valence-corrected chi connectivity index (χ0v) is 7.81. The Labute approximate surface area is 93.1 Å². The van der Waals surface area contributed by atoms with Gasteiger partial charge in [-0.3, -0.25) is 24.0 Å². The fourth-order valence-electron chi connectivity index (χ4n) is 0. The fraction of sp³-hybridized carbons (Fsp3) is 0.167. The molecule has 0 aliphatic rings. The van der Waals surface area contributed by atoms with Gasteiger partial charge in [0, 0.05) is 0 Å². The van der Waals surface area contributed by atoms with E-state index in [1.807, 2.05) is 0 Å². The molecule has 10 heteroatoms. The van der Waals surface area contributed by atoms with E-state index in [1.165, 1.54) is 0 Å². The maximum Gasteiger partial charge on any atom is 0.204 e. The molecular weight excluding hydrogens is 222 g/mol. The van der Waals surface area contributed by atoms with Gasteiger partial charge in [-0.15, -0.1) is 0 Å². The standard InChI is InChI=1S/5CH3NO.CH4/c5*2-1-3;/h5*1H,(H2,2,3);1H4. The van der Waals surface area contributed by atoms with Gasteiger partial charge in [-0.2, -0.15) is 0 Å². The highest BCUT2D eigenvalue weighted by Gasteiger charge is 1.20. The van der Waals surface area contributed by atoms with Crippen LogP contribution in [-0.2, 0) is 24.0 Å². The third-order valence-corrected chi connectivity index (χ3v) is 0. The van der Waals surface area contributed by atoms with Gasteiger partial charge in [0.25, 0.3) is 0 Å². The van der Waals surface area contributed by atoms with Gasteiger partial charge in [0.05, 0.1) is 0 Å². The molecule has 0 aromatic rings. The van der Waals surface area contributed by atoms with Crippen LogP contribution < -0.4 is 28.7 Å². The van der Waals surface area contributed by atoms with Crippen LogP contribution in [0.25, 0.3) is 0 Å². The number of hydrogen-bond donors (Lipinski definition) is 5. The minimum atomic E-state index is 0. The summed E-state index contributed by atoms with van der Waals surface area (Å²) in [4.78, 5) is 42.9. The molecule has 0 aliphatic heterocycles. The van der Waals surface area contributed by atoms with E-state index in [2.05, 4.69) is 28.7 Å². The quantitative estimate of drug-likeness (QED) is 0.268. The average Bonchev–Trinajstić information content (AvgIpc) is 2.09. The molecule has 0 spiro atoms. The molecule has 0 heterocycles. The zero-order valence-electron chi connectivity index (χ0n) is 7.81. The topological polar surface area (TPSA) is 215 Å². The predicted molar refractivity (Wildman–Crippen MR) is 58.0 cm³/mol. The molecule has 0 atom stereocenters. The summed E-state index contributed by atoms with van der Waals surface area (Å²) >= 11 is 0. The first kappa shape index (κ1) is 37.7. The van der Waals surface area contributed by atoms with Gasteiger partial charge in [-0.05, 0) is 0 Å². The number of hydrogen-bond acceptors (Lipinski definition) is 5. The van der Waals surface area contributed by atoms with Gasteiger partial charge < -0.3 is 28.7 Å². The summed E-state index contributed by atoms with van der Waals surface area (Å²) < 4.78 is 0. The van der Waals surface area contributed by atoms with Crippen molar-refractivity contribution in [3.05, 3.63) is 0 Å². The van der Waals surface area contributed by atoms with Crippen LogP contribution in [0.1, 0.15) is 7.43 Å². The van der Waals surface area contributed by atoms with Crippen molar-refractivity contribution < 1.29 is 24.0 Å². The molecule has 0 aliphatic carbocycles.